The van der Waals surface area contributed by atoms with Gasteiger partial charge in [-0.3, -0.25) is 14.4 Å². The fourth-order valence-corrected chi connectivity index (χ4v) is 7.79. The van der Waals surface area contributed by atoms with Crippen LogP contribution in [-0.2, 0) is 42.9 Å². The first kappa shape index (κ1) is 61.7. The highest BCUT2D eigenvalue weighted by Crippen LogP contribution is 2.26. The molecule has 1 aliphatic heterocycles. The number of carboxylic acids is 1. The maximum absolute atomic E-state index is 13.1. The van der Waals surface area contributed by atoms with E-state index in [0.29, 0.717) is 19.3 Å². The van der Waals surface area contributed by atoms with Gasteiger partial charge in [-0.1, -0.05) is 179 Å². The molecule has 0 aliphatic carbocycles. The van der Waals surface area contributed by atoms with Crippen molar-refractivity contribution in [1.82, 2.24) is 0 Å². The number of allylic oxidation sites excluding steroid dienone is 8. The van der Waals surface area contributed by atoms with Crippen LogP contribution in [-0.4, -0.2) is 89.2 Å². The molecule has 1 fully saturated rings. The number of carbonyl (C=O) groups is 4. The van der Waals surface area contributed by atoms with Crippen LogP contribution in [0.15, 0.2) is 48.6 Å². The van der Waals surface area contributed by atoms with E-state index in [0.717, 1.165) is 103 Å². The summed E-state index contributed by atoms with van der Waals surface area (Å²) in [5.74, 6) is -3.16. The summed E-state index contributed by atoms with van der Waals surface area (Å²) in [5.41, 5.74) is 0. The Bertz CT molecular complexity index is 1360. The Morgan fingerprint density at radius 3 is 1.48 bits per heavy atom. The summed E-state index contributed by atoms with van der Waals surface area (Å²) in [6.45, 7) is 5.80. The second kappa shape index (κ2) is 43.9. The number of hydrogen-bond donors (Lipinski definition) is 3. The zero-order valence-electron chi connectivity index (χ0n) is 42.1. The van der Waals surface area contributed by atoms with Crippen LogP contribution in [0.1, 0.15) is 226 Å². The van der Waals surface area contributed by atoms with Crippen molar-refractivity contribution in [2.45, 2.75) is 263 Å². The summed E-state index contributed by atoms with van der Waals surface area (Å²) in [6.07, 6.45) is 38.2. The van der Waals surface area contributed by atoms with Gasteiger partial charge in [0.15, 0.2) is 24.6 Å². The topological polar surface area (TPSA) is 175 Å². The number of rotatable bonds is 44. The standard InChI is InChI=1S/C55H94O12/c1-4-7-10-13-16-19-22-24-27-29-32-35-38-41-47(56)63-44-46(65-48(57)42-39-36-33-31-28-25-23-20-17-14-11-8-5-2)45-64-55-53(51(60)50(59)52(67-55)54(61)62)66-49(58)43-40-37-34-30-26-21-18-15-12-9-6-3/h7,10,16,19-20,23-24,27,46,50-53,55,59-60H,4-6,8-9,11-15,17-18,21-22,25-26,28-45H2,1-3H3,(H,61,62)/b10-7-,19-16-,23-20-,27-24-. The van der Waals surface area contributed by atoms with Crippen molar-refractivity contribution in [3.05, 3.63) is 48.6 Å². The molecule has 1 heterocycles. The minimum Gasteiger partial charge on any atom is -0.479 e. The maximum atomic E-state index is 13.1. The first-order chi connectivity index (χ1) is 32.6. The molecule has 0 saturated carbocycles. The molecule has 0 spiro atoms. The first-order valence-corrected chi connectivity index (χ1v) is 26.6. The molecular formula is C55H94O12. The van der Waals surface area contributed by atoms with Crippen molar-refractivity contribution < 1.29 is 58.2 Å². The lowest BCUT2D eigenvalue weighted by Crippen LogP contribution is -2.61. The Kier molecular flexibility index (Phi) is 40.4. The number of unbranched alkanes of at least 4 members (excludes halogenated alkanes) is 22. The molecule has 0 amide bonds. The molecule has 1 saturated heterocycles. The Labute approximate surface area is 405 Å². The van der Waals surface area contributed by atoms with Crippen LogP contribution in [0.4, 0.5) is 0 Å². The van der Waals surface area contributed by atoms with Crippen LogP contribution in [0.25, 0.3) is 0 Å². The minimum absolute atomic E-state index is 0.0591. The van der Waals surface area contributed by atoms with E-state index < -0.39 is 67.3 Å². The highest BCUT2D eigenvalue weighted by Gasteiger charge is 2.50. The minimum atomic E-state index is -1.90. The number of ether oxygens (including phenoxy) is 5. The Morgan fingerprint density at radius 1 is 0.507 bits per heavy atom. The Balaban J connectivity index is 2.76. The first-order valence-electron chi connectivity index (χ1n) is 26.6. The molecule has 0 aromatic rings. The van der Waals surface area contributed by atoms with E-state index in [9.17, 15) is 34.5 Å². The zero-order valence-corrected chi connectivity index (χ0v) is 42.1. The third kappa shape index (κ3) is 34.6. The molecule has 386 valence electrons. The Morgan fingerprint density at radius 2 is 0.940 bits per heavy atom. The predicted octanol–water partition coefficient (Wildman–Crippen LogP) is 12.7. The summed E-state index contributed by atoms with van der Waals surface area (Å²) >= 11 is 0. The third-order valence-corrected chi connectivity index (χ3v) is 11.9. The summed E-state index contributed by atoms with van der Waals surface area (Å²) in [6, 6.07) is 0. The molecule has 0 aromatic carbocycles. The van der Waals surface area contributed by atoms with Crippen molar-refractivity contribution >= 4 is 23.9 Å². The molecule has 1 aliphatic rings. The quantitative estimate of drug-likeness (QED) is 0.0228. The lowest BCUT2D eigenvalue weighted by molar-refractivity contribution is -0.301. The fraction of sp³-hybridized carbons (Fsp3) is 0.782. The van der Waals surface area contributed by atoms with Crippen LogP contribution < -0.4 is 0 Å². The van der Waals surface area contributed by atoms with E-state index in [1.54, 1.807) is 0 Å². The van der Waals surface area contributed by atoms with Gasteiger partial charge < -0.3 is 39.0 Å². The van der Waals surface area contributed by atoms with Crippen molar-refractivity contribution in [2.24, 2.45) is 0 Å². The smallest absolute Gasteiger partial charge is 0.335 e. The molecule has 0 radical (unpaired) electrons. The summed E-state index contributed by atoms with van der Waals surface area (Å²) in [7, 11) is 0. The van der Waals surface area contributed by atoms with Gasteiger partial charge in [-0.15, -0.1) is 0 Å². The predicted molar refractivity (Wildman–Crippen MR) is 266 cm³/mol. The Hall–Kier alpha value is -3.32. The van der Waals surface area contributed by atoms with Crippen molar-refractivity contribution in [3.8, 4) is 0 Å². The summed E-state index contributed by atoms with van der Waals surface area (Å²) in [5, 5.41) is 31.3. The molecule has 0 aromatic heterocycles. The molecule has 3 N–H and O–H groups in total. The summed E-state index contributed by atoms with van der Waals surface area (Å²) in [4.78, 5) is 50.8. The fourth-order valence-electron chi connectivity index (χ4n) is 7.79. The molecule has 12 heteroatoms. The molecule has 12 nitrogen and oxygen atoms in total. The average molecular weight is 947 g/mol. The van der Waals surface area contributed by atoms with Crippen molar-refractivity contribution in [1.29, 1.82) is 0 Å². The third-order valence-electron chi connectivity index (χ3n) is 11.9. The van der Waals surface area contributed by atoms with Crippen LogP contribution in [0.2, 0.25) is 0 Å². The molecule has 6 unspecified atom stereocenters. The van der Waals surface area contributed by atoms with Crippen LogP contribution in [0, 0.1) is 0 Å². The number of aliphatic hydroxyl groups excluding tert-OH is 2. The van der Waals surface area contributed by atoms with Gasteiger partial charge in [0.05, 0.1) is 6.61 Å². The van der Waals surface area contributed by atoms with Gasteiger partial charge >= 0.3 is 23.9 Å². The molecular weight excluding hydrogens is 853 g/mol. The maximum Gasteiger partial charge on any atom is 0.335 e. The van der Waals surface area contributed by atoms with Gasteiger partial charge in [-0.05, 0) is 77.0 Å². The van der Waals surface area contributed by atoms with E-state index in [-0.39, 0.29) is 25.9 Å². The van der Waals surface area contributed by atoms with Crippen LogP contribution in [0.5, 0.6) is 0 Å². The molecule has 67 heavy (non-hydrogen) atoms. The van der Waals surface area contributed by atoms with Gasteiger partial charge in [0, 0.05) is 19.3 Å². The van der Waals surface area contributed by atoms with Gasteiger partial charge in [0.25, 0.3) is 0 Å². The second-order valence-corrected chi connectivity index (χ2v) is 18.1. The zero-order chi connectivity index (χ0) is 49.0. The van der Waals surface area contributed by atoms with E-state index in [1.807, 2.05) is 0 Å². The van der Waals surface area contributed by atoms with Crippen LogP contribution >= 0.6 is 0 Å². The van der Waals surface area contributed by atoms with Crippen molar-refractivity contribution in [2.75, 3.05) is 13.2 Å². The van der Waals surface area contributed by atoms with Crippen molar-refractivity contribution in [3.63, 3.8) is 0 Å². The average Bonchev–Trinajstić information content (AvgIpc) is 3.31. The summed E-state index contributed by atoms with van der Waals surface area (Å²) < 4.78 is 28.3. The molecule has 1 rings (SSSR count). The number of carboxylic acid groups (broad SMARTS) is 1. The largest absolute Gasteiger partial charge is 0.479 e. The van der Waals surface area contributed by atoms with E-state index >= 15 is 0 Å². The van der Waals surface area contributed by atoms with Gasteiger partial charge in [0.2, 0.25) is 0 Å². The molecule has 6 atom stereocenters. The number of esters is 3. The number of aliphatic carboxylic acids is 1. The van der Waals surface area contributed by atoms with E-state index in [1.165, 1.54) is 64.2 Å². The highest BCUT2D eigenvalue weighted by molar-refractivity contribution is 5.74. The lowest BCUT2D eigenvalue weighted by atomic mass is 9.98. The number of hydrogen-bond acceptors (Lipinski definition) is 11. The normalized spacial score (nSPS) is 19.2. The van der Waals surface area contributed by atoms with Crippen LogP contribution in [0.3, 0.4) is 0 Å². The SMILES string of the molecule is CC/C=C\C/C=C\C/C=C\CCCCCC(=O)OCC(COC1OC(C(=O)O)C(O)C(O)C1OC(=O)CCCCCCCCCCCCC)OC(=O)CCCCCCC/C=C\CCCCCC. The second-order valence-electron chi connectivity index (χ2n) is 18.1. The number of carbonyl (C=O) groups excluding carboxylic acids is 3. The monoisotopic (exact) mass is 947 g/mol. The van der Waals surface area contributed by atoms with E-state index in [4.69, 9.17) is 23.7 Å². The lowest BCUT2D eigenvalue weighted by Gasteiger charge is -2.40. The molecule has 0 bridgehead atoms. The number of aliphatic hydroxyl groups is 2. The highest BCUT2D eigenvalue weighted by atomic mass is 16.7. The van der Waals surface area contributed by atoms with Gasteiger partial charge in [-0.25, -0.2) is 4.79 Å². The van der Waals surface area contributed by atoms with Gasteiger partial charge in [-0.2, -0.15) is 0 Å². The van der Waals surface area contributed by atoms with Gasteiger partial charge in [0.1, 0.15) is 18.8 Å². The van der Waals surface area contributed by atoms with E-state index in [2.05, 4.69) is 69.4 Å².